The molecule has 0 aromatic heterocycles. The smallest absolute Gasteiger partial charge is 0.264 e. The van der Waals surface area contributed by atoms with Crippen molar-refractivity contribution in [3.8, 4) is 0 Å². The Morgan fingerprint density at radius 2 is 1.48 bits per heavy atom. The average molecular weight is 727 g/mol. The summed E-state index contributed by atoms with van der Waals surface area (Å²) in [6.07, 6.45) is 5.10. The standard InChI is InChI=1S/C37H38Cl3N3O4S/c1-26-15-18-32(19-16-26)48(46,47)43(34-23-30(39)17-20-33(34)40)25-36(44)42(24-28-11-8-12-29(38)21-28)35(22-27-9-4-2-5-10-27)37(45)41-31-13-6-3-7-14-31/h2,4-5,8-12,15-21,23,31,35H,3,6-7,13-14,22,24-25H2,1H3,(H,41,45). The molecule has 1 unspecified atom stereocenters. The minimum Gasteiger partial charge on any atom is -0.352 e. The molecule has 1 aliphatic rings. The van der Waals surface area contributed by atoms with E-state index >= 15 is 0 Å². The summed E-state index contributed by atoms with van der Waals surface area (Å²) in [5, 5.41) is 4.02. The SMILES string of the molecule is Cc1ccc(S(=O)(=O)N(CC(=O)N(Cc2cccc(Cl)c2)C(Cc2ccccc2)C(=O)NC2CCCCC2)c2cc(Cl)ccc2Cl)cc1. The molecule has 0 radical (unpaired) electrons. The first-order valence-electron chi connectivity index (χ1n) is 15.9. The summed E-state index contributed by atoms with van der Waals surface area (Å²) in [5.74, 6) is -0.892. The van der Waals surface area contributed by atoms with Crippen molar-refractivity contribution in [1.82, 2.24) is 10.2 Å². The van der Waals surface area contributed by atoms with Gasteiger partial charge in [-0.2, -0.15) is 0 Å². The van der Waals surface area contributed by atoms with Gasteiger partial charge >= 0.3 is 0 Å². The molecule has 1 N–H and O–H groups in total. The largest absolute Gasteiger partial charge is 0.352 e. The number of sulfonamides is 1. The van der Waals surface area contributed by atoms with Gasteiger partial charge in [0.15, 0.2) is 0 Å². The van der Waals surface area contributed by atoms with Crippen LogP contribution in [-0.2, 0) is 32.6 Å². The lowest BCUT2D eigenvalue weighted by atomic mass is 9.94. The van der Waals surface area contributed by atoms with Gasteiger partial charge in [0.25, 0.3) is 10.0 Å². The van der Waals surface area contributed by atoms with Crippen molar-refractivity contribution in [3.63, 3.8) is 0 Å². The van der Waals surface area contributed by atoms with Gasteiger partial charge in [0.05, 0.1) is 15.6 Å². The molecule has 1 aliphatic carbocycles. The van der Waals surface area contributed by atoms with E-state index in [-0.39, 0.29) is 45.5 Å². The van der Waals surface area contributed by atoms with Gasteiger partial charge in [0.1, 0.15) is 12.6 Å². The molecule has 2 amide bonds. The summed E-state index contributed by atoms with van der Waals surface area (Å²) in [5.41, 5.74) is 2.46. The number of benzene rings is 4. The van der Waals surface area contributed by atoms with E-state index in [9.17, 15) is 18.0 Å². The predicted molar refractivity (Wildman–Crippen MR) is 193 cm³/mol. The molecule has 1 atom stereocenters. The second kappa shape index (κ2) is 16.2. The maximum atomic E-state index is 14.7. The number of nitrogens with zero attached hydrogens (tertiary/aromatic N) is 2. The summed E-state index contributed by atoms with van der Waals surface area (Å²) in [6.45, 7) is 1.22. The Morgan fingerprint density at radius 3 is 2.17 bits per heavy atom. The van der Waals surface area contributed by atoms with Crippen LogP contribution in [0.4, 0.5) is 5.69 Å². The zero-order chi connectivity index (χ0) is 34.3. The minimum atomic E-state index is -4.32. The summed E-state index contributed by atoms with van der Waals surface area (Å²) in [7, 11) is -4.32. The van der Waals surface area contributed by atoms with E-state index in [2.05, 4.69) is 5.32 Å². The molecule has 11 heteroatoms. The second-order valence-corrected chi connectivity index (χ2v) is 15.3. The van der Waals surface area contributed by atoms with E-state index in [1.807, 2.05) is 43.3 Å². The monoisotopic (exact) mass is 725 g/mol. The first-order chi connectivity index (χ1) is 23.0. The van der Waals surface area contributed by atoms with Crippen LogP contribution in [0, 0.1) is 6.92 Å². The highest BCUT2D eigenvalue weighted by molar-refractivity contribution is 7.92. The lowest BCUT2D eigenvalue weighted by Gasteiger charge is -2.35. The molecule has 1 fully saturated rings. The molecule has 7 nitrogen and oxygen atoms in total. The van der Waals surface area contributed by atoms with Crippen molar-refractivity contribution in [2.75, 3.05) is 10.8 Å². The molecule has 0 bridgehead atoms. The number of rotatable bonds is 12. The Kier molecular flexibility index (Phi) is 12.1. The number of hydrogen-bond acceptors (Lipinski definition) is 4. The molecule has 4 aromatic rings. The van der Waals surface area contributed by atoms with Crippen LogP contribution >= 0.6 is 34.8 Å². The first-order valence-corrected chi connectivity index (χ1v) is 18.5. The molecule has 5 rings (SSSR count). The van der Waals surface area contributed by atoms with Crippen LogP contribution in [0.3, 0.4) is 0 Å². The number of hydrogen-bond donors (Lipinski definition) is 1. The zero-order valence-electron chi connectivity index (χ0n) is 26.6. The quantitative estimate of drug-likeness (QED) is 0.159. The van der Waals surface area contributed by atoms with E-state index in [1.165, 1.54) is 29.2 Å². The maximum Gasteiger partial charge on any atom is 0.264 e. The fraction of sp³-hybridized carbons (Fsp3) is 0.297. The highest BCUT2D eigenvalue weighted by Crippen LogP contribution is 2.33. The molecule has 4 aromatic carbocycles. The number of halogens is 3. The van der Waals surface area contributed by atoms with E-state index < -0.39 is 28.5 Å². The van der Waals surface area contributed by atoms with Crippen LogP contribution < -0.4 is 9.62 Å². The summed E-state index contributed by atoms with van der Waals surface area (Å²) < 4.78 is 29.5. The highest BCUT2D eigenvalue weighted by Gasteiger charge is 2.36. The number of amides is 2. The predicted octanol–water partition coefficient (Wildman–Crippen LogP) is 8.24. The molecule has 48 heavy (non-hydrogen) atoms. The first kappa shape index (κ1) is 35.7. The fourth-order valence-electron chi connectivity index (χ4n) is 5.96. The zero-order valence-corrected chi connectivity index (χ0v) is 29.7. The summed E-state index contributed by atoms with van der Waals surface area (Å²) in [4.78, 5) is 30.4. The number of carbonyl (C=O) groups excluding carboxylic acids is 2. The molecular formula is C37H38Cl3N3O4S. The number of nitrogens with one attached hydrogen (secondary N) is 1. The topological polar surface area (TPSA) is 86.8 Å². The maximum absolute atomic E-state index is 14.7. The van der Waals surface area contributed by atoms with Crippen LogP contribution in [0.5, 0.6) is 0 Å². The molecule has 252 valence electrons. The van der Waals surface area contributed by atoms with Crippen molar-refractivity contribution in [3.05, 3.63) is 129 Å². The van der Waals surface area contributed by atoms with Gasteiger partial charge in [-0.15, -0.1) is 0 Å². The molecule has 0 saturated heterocycles. The highest BCUT2D eigenvalue weighted by atomic mass is 35.5. The van der Waals surface area contributed by atoms with Crippen LogP contribution in [0.25, 0.3) is 0 Å². The summed E-state index contributed by atoms with van der Waals surface area (Å²) >= 11 is 19.3. The van der Waals surface area contributed by atoms with Crippen molar-refractivity contribution < 1.29 is 18.0 Å². The Hall–Kier alpha value is -3.56. The Morgan fingerprint density at radius 1 is 0.812 bits per heavy atom. The minimum absolute atomic E-state index is 0.00340. The Labute approximate surface area is 297 Å². The number of carbonyl (C=O) groups is 2. The van der Waals surface area contributed by atoms with E-state index in [4.69, 9.17) is 34.8 Å². The van der Waals surface area contributed by atoms with Crippen molar-refractivity contribution in [2.24, 2.45) is 0 Å². The average Bonchev–Trinajstić information content (AvgIpc) is 3.07. The molecule has 0 aliphatic heterocycles. The Bertz CT molecular complexity index is 1830. The van der Waals surface area contributed by atoms with E-state index in [1.54, 1.807) is 36.4 Å². The van der Waals surface area contributed by atoms with Gasteiger partial charge in [-0.3, -0.25) is 13.9 Å². The molecule has 0 heterocycles. The second-order valence-electron chi connectivity index (χ2n) is 12.1. The van der Waals surface area contributed by atoms with E-state index in [0.29, 0.717) is 10.6 Å². The molecule has 1 saturated carbocycles. The Balaban J connectivity index is 1.59. The van der Waals surface area contributed by atoms with Gasteiger partial charge in [-0.1, -0.05) is 114 Å². The van der Waals surface area contributed by atoms with Crippen LogP contribution in [0.2, 0.25) is 15.1 Å². The number of aryl methyl sites for hydroxylation is 1. The summed E-state index contributed by atoms with van der Waals surface area (Å²) in [6, 6.07) is 26.3. The third-order valence-corrected chi connectivity index (χ3v) is 11.1. The van der Waals surface area contributed by atoms with Gasteiger partial charge in [-0.25, -0.2) is 8.42 Å². The molecule has 0 spiro atoms. The van der Waals surface area contributed by atoms with Crippen molar-refractivity contribution >= 4 is 62.3 Å². The van der Waals surface area contributed by atoms with Crippen LogP contribution in [-0.4, -0.2) is 43.8 Å². The molecular weight excluding hydrogens is 689 g/mol. The third kappa shape index (κ3) is 9.11. The third-order valence-electron chi connectivity index (χ3n) is 8.53. The number of anilines is 1. The lowest BCUT2D eigenvalue weighted by molar-refractivity contribution is -0.140. The van der Waals surface area contributed by atoms with E-state index in [0.717, 1.165) is 47.5 Å². The van der Waals surface area contributed by atoms with Crippen LogP contribution in [0.15, 0.2) is 102 Å². The lowest BCUT2D eigenvalue weighted by Crippen LogP contribution is -2.55. The van der Waals surface area contributed by atoms with Crippen molar-refractivity contribution in [1.29, 1.82) is 0 Å². The van der Waals surface area contributed by atoms with Gasteiger partial charge < -0.3 is 10.2 Å². The fourth-order valence-corrected chi connectivity index (χ4v) is 8.03. The van der Waals surface area contributed by atoms with Gasteiger partial charge in [0.2, 0.25) is 11.8 Å². The van der Waals surface area contributed by atoms with Crippen molar-refractivity contribution in [2.45, 2.75) is 69.0 Å². The van der Waals surface area contributed by atoms with Crippen LogP contribution in [0.1, 0.15) is 48.8 Å². The van der Waals surface area contributed by atoms with Gasteiger partial charge in [-0.05, 0) is 73.4 Å². The normalized spacial score (nSPS) is 14.2. The van der Waals surface area contributed by atoms with Gasteiger partial charge in [0, 0.05) is 29.1 Å².